The summed E-state index contributed by atoms with van der Waals surface area (Å²) >= 11 is 0. The van der Waals surface area contributed by atoms with E-state index < -0.39 is 17.3 Å². The van der Waals surface area contributed by atoms with Gasteiger partial charge in [-0.25, -0.2) is 13.6 Å². The molecule has 0 atom stereocenters. The maximum absolute atomic E-state index is 14.2. The minimum atomic E-state index is -0.607. The molecule has 140 valence electrons. The molecule has 5 nitrogen and oxygen atoms in total. The van der Waals surface area contributed by atoms with Crippen LogP contribution < -0.4 is 10.3 Å². The highest BCUT2D eigenvalue weighted by Gasteiger charge is 2.17. The number of aromatic nitrogens is 1. The molecule has 1 aromatic heterocycles. The number of ether oxygens (including phenoxy) is 2. The van der Waals surface area contributed by atoms with Gasteiger partial charge in [-0.15, -0.1) is 0 Å². The van der Waals surface area contributed by atoms with Crippen molar-refractivity contribution in [3.05, 3.63) is 75.1 Å². The first-order valence-electron chi connectivity index (χ1n) is 8.18. The van der Waals surface area contributed by atoms with E-state index in [-0.39, 0.29) is 30.1 Å². The number of fused-ring (bicyclic) bond motifs is 1. The van der Waals surface area contributed by atoms with E-state index in [9.17, 15) is 18.4 Å². The zero-order chi connectivity index (χ0) is 19.6. The summed E-state index contributed by atoms with van der Waals surface area (Å²) in [7, 11) is 1.23. The normalized spacial score (nSPS) is 10.8. The first kappa shape index (κ1) is 18.6. The van der Waals surface area contributed by atoms with Crippen LogP contribution in [0, 0.1) is 18.6 Å². The van der Waals surface area contributed by atoms with Crippen molar-refractivity contribution in [2.24, 2.45) is 0 Å². The summed E-state index contributed by atoms with van der Waals surface area (Å²) in [6.07, 6.45) is 0.240. The van der Waals surface area contributed by atoms with Gasteiger partial charge in [0.15, 0.2) is 6.61 Å². The number of methoxy groups -OCH3 is 1. The Kier molecular flexibility index (Phi) is 5.21. The van der Waals surface area contributed by atoms with Gasteiger partial charge >= 0.3 is 5.97 Å². The summed E-state index contributed by atoms with van der Waals surface area (Å²) < 4.78 is 37.3. The van der Waals surface area contributed by atoms with Crippen molar-refractivity contribution in [3.63, 3.8) is 0 Å². The van der Waals surface area contributed by atoms with Crippen LogP contribution in [-0.4, -0.2) is 24.7 Å². The van der Waals surface area contributed by atoms with Crippen LogP contribution in [0.25, 0.3) is 10.9 Å². The molecule has 0 spiro atoms. The maximum Gasteiger partial charge on any atom is 0.343 e. The molecule has 2 aromatic carbocycles. The molecule has 0 saturated heterocycles. The Hall–Kier alpha value is -3.22. The van der Waals surface area contributed by atoms with Gasteiger partial charge in [-0.05, 0) is 42.3 Å². The van der Waals surface area contributed by atoms with E-state index in [1.165, 1.54) is 25.3 Å². The molecule has 7 heteroatoms. The van der Waals surface area contributed by atoms with Gasteiger partial charge in [-0.2, -0.15) is 0 Å². The van der Waals surface area contributed by atoms with E-state index in [0.29, 0.717) is 16.5 Å². The first-order valence-corrected chi connectivity index (χ1v) is 8.18. The number of esters is 1. The Balaban J connectivity index is 2.11. The van der Waals surface area contributed by atoms with Crippen LogP contribution in [0.3, 0.4) is 0 Å². The van der Waals surface area contributed by atoms with E-state index in [4.69, 9.17) is 4.74 Å². The molecule has 0 fully saturated rings. The second kappa shape index (κ2) is 7.57. The van der Waals surface area contributed by atoms with Crippen LogP contribution in [0.2, 0.25) is 0 Å². The zero-order valence-corrected chi connectivity index (χ0v) is 14.8. The second-order valence-electron chi connectivity index (χ2n) is 6.02. The summed E-state index contributed by atoms with van der Waals surface area (Å²) in [6, 6.07) is 8.34. The van der Waals surface area contributed by atoms with Gasteiger partial charge in [0.25, 0.3) is 5.56 Å². The Labute approximate surface area is 153 Å². The number of carbonyl (C=O) groups is 1. The fourth-order valence-electron chi connectivity index (χ4n) is 2.90. The van der Waals surface area contributed by atoms with E-state index in [1.54, 1.807) is 19.1 Å². The second-order valence-corrected chi connectivity index (χ2v) is 6.02. The highest BCUT2D eigenvalue weighted by Crippen LogP contribution is 2.30. The highest BCUT2D eigenvalue weighted by atomic mass is 19.1. The SMILES string of the molecule is COC(=O)COc1ccc(F)c2[nH]c(=O)c(Cc3ccc(F)cc3)c(C)c12. The molecule has 27 heavy (non-hydrogen) atoms. The van der Waals surface area contributed by atoms with Crippen LogP contribution in [0.4, 0.5) is 8.78 Å². The molecule has 3 rings (SSSR count). The maximum atomic E-state index is 14.2. The number of aromatic amines is 1. The van der Waals surface area contributed by atoms with Crippen molar-refractivity contribution in [1.82, 2.24) is 4.98 Å². The van der Waals surface area contributed by atoms with Crippen molar-refractivity contribution in [2.75, 3.05) is 13.7 Å². The Morgan fingerprint density at radius 3 is 2.48 bits per heavy atom. The number of carbonyl (C=O) groups excluding carboxylic acids is 1. The van der Waals surface area contributed by atoms with E-state index >= 15 is 0 Å². The van der Waals surface area contributed by atoms with Crippen LogP contribution in [0.1, 0.15) is 16.7 Å². The Morgan fingerprint density at radius 2 is 1.81 bits per heavy atom. The molecule has 0 unspecified atom stereocenters. The first-order chi connectivity index (χ1) is 12.9. The average molecular weight is 373 g/mol. The largest absolute Gasteiger partial charge is 0.481 e. The summed E-state index contributed by atoms with van der Waals surface area (Å²) in [4.78, 5) is 26.4. The number of benzene rings is 2. The van der Waals surface area contributed by atoms with Gasteiger partial charge in [0, 0.05) is 17.4 Å². The van der Waals surface area contributed by atoms with Gasteiger partial charge in [0.2, 0.25) is 0 Å². The summed E-state index contributed by atoms with van der Waals surface area (Å²) in [6.45, 7) is 1.34. The number of nitrogens with one attached hydrogen (secondary N) is 1. The molecule has 0 saturated carbocycles. The summed E-state index contributed by atoms with van der Waals surface area (Å²) in [5.74, 6) is -1.31. The van der Waals surface area contributed by atoms with Crippen molar-refractivity contribution >= 4 is 16.9 Å². The van der Waals surface area contributed by atoms with Gasteiger partial charge in [0.1, 0.15) is 17.4 Å². The summed E-state index contributed by atoms with van der Waals surface area (Å²) in [5, 5.41) is 0.371. The van der Waals surface area contributed by atoms with Crippen molar-refractivity contribution in [2.45, 2.75) is 13.3 Å². The minimum Gasteiger partial charge on any atom is -0.481 e. The van der Waals surface area contributed by atoms with Crippen LogP contribution in [-0.2, 0) is 16.0 Å². The summed E-state index contributed by atoms with van der Waals surface area (Å²) in [5.41, 5.74) is 1.23. The molecule has 0 aliphatic rings. The van der Waals surface area contributed by atoms with Crippen LogP contribution in [0.15, 0.2) is 41.2 Å². The van der Waals surface area contributed by atoms with Gasteiger partial charge < -0.3 is 14.5 Å². The fraction of sp³-hybridized carbons (Fsp3) is 0.200. The number of rotatable bonds is 5. The molecule has 1 heterocycles. The van der Waals surface area contributed by atoms with E-state index in [0.717, 1.165) is 11.6 Å². The Morgan fingerprint density at radius 1 is 1.11 bits per heavy atom. The van der Waals surface area contributed by atoms with Crippen molar-refractivity contribution in [3.8, 4) is 5.75 Å². The van der Waals surface area contributed by atoms with Gasteiger partial charge in [0.05, 0.1) is 12.6 Å². The molecule has 1 N–H and O–H groups in total. The van der Waals surface area contributed by atoms with Crippen LogP contribution in [0.5, 0.6) is 5.75 Å². The standard InChI is InChI=1S/C20H17F2NO4/c1-11-14(9-12-3-5-13(21)6-4-12)20(25)23-19-15(22)7-8-16(18(11)19)27-10-17(24)26-2/h3-8H,9-10H2,1-2H3,(H,23,25). The molecule has 0 amide bonds. The molecule has 0 aliphatic heterocycles. The molecule has 0 bridgehead atoms. The smallest absolute Gasteiger partial charge is 0.343 e. The minimum absolute atomic E-state index is 0.00252. The number of H-pyrrole nitrogens is 1. The third-order valence-corrected chi connectivity index (χ3v) is 4.32. The number of aryl methyl sites for hydroxylation is 1. The lowest BCUT2D eigenvalue weighted by Gasteiger charge is -2.14. The van der Waals surface area contributed by atoms with E-state index in [1.807, 2.05) is 0 Å². The predicted octanol–water partition coefficient (Wildman–Crippen LogP) is 3.26. The Bertz CT molecular complexity index is 1060. The lowest BCUT2D eigenvalue weighted by Crippen LogP contribution is -2.17. The van der Waals surface area contributed by atoms with Crippen molar-refractivity contribution in [1.29, 1.82) is 0 Å². The highest BCUT2D eigenvalue weighted by molar-refractivity contribution is 5.89. The molecule has 0 radical (unpaired) electrons. The van der Waals surface area contributed by atoms with Gasteiger partial charge in [-0.1, -0.05) is 12.1 Å². The molecule has 0 aliphatic carbocycles. The van der Waals surface area contributed by atoms with E-state index in [2.05, 4.69) is 9.72 Å². The van der Waals surface area contributed by atoms with Crippen molar-refractivity contribution < 1.29 is 23.0 Å². The van der Waals surface area contributed by atoms with Gasteiger partial charge in [-0.3, -0.25) is 4.79 Å². The molecule has 3 aromatic rings. The lowest BCUT2D eigenvalue weighted by molar-refractivity contribution is -0.142. The molecular weight excluding hydrogens is 356 g/mol. The number of pyridine rings is 1. The third kappa shape index (κ3) is 3.81. The monoisotopic (exact) mass is 373 g/mol. The third-order valence-electron chi connectivity index (χ3n) is 4.32. The molecular formula is C20H17F2NO4. The number of hydrogen-bond donors (Lipinski definition) is 1. The quantitative estimate of drug-likeness (QED) is 0.697. The average Bonchev–Trinajstić information content (AvgIpc) is 2.66. The number of halogens is 2. The van der Waals surface area contributed by atoms with Crippen LogP contribution >= 0.6 is 0 Å². The topological polar surface area (TPSA) is 68.4 Å². The number of hydrogen-bond acceptors (Lipinski definition) is 4. The fourth-order valence-corrected chi connectivity index (χ4v) is 2.90. The zero-order valence-electron chi connectivity index (χ0n) is 14.8. The predicted molar refractivity (Wildman–Crippen MR) is 96.0 cm³/mol. The lowest BCUT2D eigenvalue weighted by atomic mass is 9.98.